The molecule has 0 spiro atoms. The molecule has 1 heterocycles. The first-order valence-electron chi connectivity index (χ1n) is 5.40. The van der Waals surface area contributed by atoms with E-state index in [9.17, 15) is 4.79 Å². The maximum atomic E-state index is 11.7. The lowest BCUT2D eigenvalue weighted by Gasteiger charge is -2.03. The highest BCUT2D eigenvalue weighted by atomic mass is 35.5. The molecule has 2 N–H and O–H groups in total. The van der Waals surface area contributed by atoms with Gasteiger partial charge in [0.05, 0.1) is 6.33 Å². The number of nitrogen functional groups attached to an aromatic ring is 1. The zero-order chi connectivity index (χ0) is 13.0. The Morgan fingerprint density at radius 3 is 2.78 bits per heavy atom. The molecule has 0 radical (unpaired) electrons. The molecule has 2 aromatic rings. The van der Waals surface area contributed by atoms with Crippen LogP contribution in [0, 0.1) is 0 Å². The molecule has 4 nitrogen and oxygen atoms in total. The minimum atomic E-state index is -0.326. The van der Waals surface area contributed by atoms with Gasteiger partial charge in [-0.15, -0.1) is 0 Å². The lowest BCUT2D eigenvalue weighted by atomic mass is 10.2. The second-order valence-electron chi connectivity index (χ2n) is 3.72. The van der Waals surface area contributed by atoms with Gasteiger partial charge in [-0.05, 0) is 5.56 Å². The van der Waals surface area contributed by atoms with E-state index in [4.69, 9.17) is 17.3 Å². The van der Waals surface area contributed by atoms with Gasteiger partial charge in [0.2, 0.25) is 0 Å². The van der Waals surface area contributed by atoms with Crippen LogP contribution in [-0.4, -0.2) is 9.55 Å². The van der Waals surface area contributed by atoms with Crippen LogP contribution in [0.25, 0.3) is 6.08 Å². The number of aromatic nitrogens is 2. The van der Waals surface area contributed by atoms with Crippen molar-refractivity contribution >= 4 is 23.4 Å². The summed E-state index contributed by atoms with van der Waals surface area (Å²) in [7, 11) is 0. The quantitative estimate of drug-likeness (QED) is 0.862. The molecule has 0 fully saturated rings. The van der Waals surface area contributed by atoms with Gasteiger partial charge in [0.1, 0.15) is 5.69 Å². The van der Waals surface area contributed by atoms with Crippen molar-refractivity contribution in [1.29, 1.82) is 0 Å². The maximum absolute atomic E-state index is 11.7. The van der Waals surface area contributed by atoms with E-state index in [0.717, 1.165) is 5.56 Å². The zero-order valence-electron chi connectivity index (χ0n) is 9.58. The van der Waals surface area contributed by atoms with Crippen LogP contribution < -0.4 is 11.3 Å². The van der Waals surface area contributed by atoms with Crippen LogP contribution >= 0.6 is 11.6 Å². The molecule has 1 aromatic heterocycles. The first kappa shape index (κ1) is 12.4. The molecule has 1 aromatic carbocycles. The van der Waals surface area contributed by atoms with Gasteiger partial charge in [0, 0.05) is 6.54 Å². The minimum Gasteiger partial charge on any atom is -0.392 e. The van der Waals surface area contributed by atoms with Crippen LogP contribution in [0.1, 0.15) is 5.56 Å². The third-order valence-corrected chi connectivity index (χ3v) is 2.74. The van der Waals surface area contributed by atoms with Crippen molar-refractivity contribution in [2.45, 2.75) is 6.54 Å². The molecule has 0 saturated carbocycles. The Bertz CT molecular complexity index is 620. The van der Waals surface area contributed by atoms with E-state index in [0.29, 0.717) is 6.54 Å². The molecule has 18 heavy (non-hydrogen) atoms. The van der Waals surface area contributed by atoms with Crippen LogP contribution in [0.2, 0.25) is 5.15 Å². The van der Waals surface area contributed by atoms with Gasteiger partial charge in [-0.1, -0.05) is 54.1 Å². The van der Waals surface area contributed by atoms with Crippen LogP contribution in [0.3, 0.4) is 0 Å². The topological polar surface area (TPSA) is 60.9 Å². The summed E-state index contributed by atoms with van der Waals surface area (Å²) < 4.78 is 1.40. The van der Waals surface area contributed by atoms with Crippen molar-refractivity contribution in [3.05, 3.63) is 63.8 Å². The fourth-order valence-corrected chi connectivity index (χ4v) is 1.61. The summed E-state index contributed by atoms with van der Waals surface area (Å²) in [5.74, 6) is 0. The second-order valence-corrected chi connectivity index (χ2v) is 4.08. The van der Waals surface area contributed by atoms with Crippen molar-refractivity contribution < 1.29 is 0 Å². The number of nitrogens with zero attached hydrogens (tertiary/aromatic N) is 2. The van der Waals surface area contributed by atoms with E-state index in [1.165, 1.54) is 10.9 Å². The molecule has 92 valence electrons. The normalized spacial score (nSPS) is 10.9. The van der Waals surface area contributed by atoms with E-state index in [-0.39, 0.29) is 16.4 Å². The van der Waals surface area contributed by atoms with Crippen molar-refractivity contribution in [1.82, 2.24) is 9.55 Å². The van der Waals surface area contributed by atoms with Gasteiger partial charge in [0.25, 0.3) is 5.56 Å². The molecular formula is C13H12ClN3O. The van der Waals surface area contributed by atoms with Crippen molar-refractivity contribution in [3.8, 4) is 0 Å². The summed E-state index contributed by atoms with van der Waals surface area (Å²) in [4.78, 5) is 15.5. The molecule has 0 amide bonds. The largest absolute Gasteiger partial charge is 0.392 e. The van der Waals surface area contributed by atoms with Crippen LogP contribution in [-0.2, 0) is 6.54 Å². The van der Waals surface area contributed by atoms with Crippen LogP contribution in [0.5, 0.6) is 0 Å². The van der Waals surface area contributed by atoms with Gasteiger partial charge in [-0.25, -0.2) is 4.98 Å². The van der Waals surface area contributed by atoms with Gasteiger partial charge >= 0.3 is 0 Å². The lowest BCUT2D eigenvalue weighted by Crippen LogP contribution is -2.23. The molecule has 0 aliphatic carbocycles. The summed E-state index contributed by atoms with van der Waals surface area (Å²) in [5, 5.41) is 0.0447. The highest BCUT2D eigenvalue weighted by molar-refractivity contribution is 6.31. The summed E-state index contributed by atoms with van der Waals surface area (Å²) in [6, 6.07) is 9.81. The van der Waals surface area contributed by atoms with Gasteiger partial charge < -0.3 is 5.73 Å². The smallest absolute Gasteiger partial charge is 0.278 e. The first-order valence-corrected chi connectivity index (χ1v) is 5.78. The molecule has 0 saturated heterocycles. The number of hydrogen-bond acceptors (Lipinski definition) is 3. The van der Waals surface area contributed by atoms with Gasteiger partial charge in [-0.3, -0.25) is 9.36 Å². The van der Waals surface area contributed by atoms with Gasteiger partial charge in [-0.2, -0.15) is 0 Å². The fourth-order valence-electron chi connectivity index (χ4n) is 1.48. The number of allylic oxidation sites excluding steroid dienone is 1. The number of halogens is 1. The number of hydrogen-bond donors (Lipinski definition) is 1. The third kappa shape index (κ3) is 2.78. The highest BCUT2D eigenvalue weighted by Crippen LogP contribution is 2.08. The number of benzene rings is 1. The predicted octanol–water partition coefficient (Wildman–Crippen LogP) is 2.19. The lowest BCUT2D eigenvalue weighted by molar-refractivity contribution is 0.759. The zero-order valence-corrected chi connectivity index (χ0v) is 10.3. The number of nitrogens with two attached hydrogens (primary N) is 1. The highest BCUT2D eigenvalue weighted by Gasteiger charge is 2.04. The molecule has 0 aliphatic heterocycles. The van der Waals surface area contributed by atoms with Crippen molar-refractivity contribution in [2.24, 2.45) is 0 Å². The average molecular weight is 262 g/mol. The molecule has 0 unspecified atom stereocenters. The summed E-state index contributed by atoms with van der Waals surface area (Å²) in [6.07, 6.45) is 5.18. The summed E-state index contributed by atoms with van der Waals surface area (Å²) in [6.45, 7) is 0.405. The van der Waals surface area contributed by atoms with E-state index in [1.807, 2.05) is 42.5 Å². The monoisotopic (exact) mass is 261 g/mol. The standard InChI is InChI=1S/C13H12ClN3O/c14-12-11(15)13(18)17(9-16-12)8-4-7-10-5-2-1-3-6-10/h1-7,9H,8,15H2/b7-4+. The van der Waals surface area contributed by atoms with Crippen LogP contribution in [0.15, 0.2) is 47.5 Å². The van der Waals surface area contributed by atoms with Crippen molar-refractivity contribution in [3.63, 3.8) is 0 Å². The molecule has 0 aliphatic rings. The summed E-state index contributed by atoms with van der Waals surface area (Å²) in [5.41, 5.74) is 6.24. The van der Waals surface area contributed by atoms with E-state index in [2.05, 4.69) is 4.98 Å². The Morgan fingerprint density at radius 2 is 2.06 bits per heavy atom. The Morgan fingerprint density at radius 1 is 1.33 bits per heavy atom. The summed E-state index contributed by atoms with van der Waals surface area (Å²) >= 11 is 5.65. The fraction of sp³-hybridized carbons (Fsp3) is 0.0769. The maximum Gasteiger partial charge on any atom is 0.278 e. The predicted molar refractivity (Wildman–Crippen MR) is 73.4 cm³/mol. The SMILES string of the molecule is Nc1c(Cl)ncn(C/C=C/c2ccccc2)c1=O. The molecule has 2 rings (SSSR count). The Labute approximate surface area is 109 Å². The van der Waals surface area contributed by atoms with Crippen LogP contribution in [0.4, 0.5) is 5.69 Å². The average Bonchev–Trinajstić information content (AvgIpc) is 2.40. The van der Waals surface area contributed by atoms with Gasteiger partial charge in [0.15, 0.2) is 5.15 Å². The Balaban J connectivity index is 2.14. The third-order valence-electron chi connectivity index (χ3n) is 2.44. The first-order chi connectivity index (χ1) is 8.68. The Kier molecular flexibility index (Phi) is 3.79. The van der Waals surface area contributed by atoms with E-state index < -0.39 is 0 Å². The number of anilines is 1. The molecule has 5 heteroatoms. The second kappa shape index (κ2) is 5.51. The van der Waals surface area contributed by atoms with E-state index in [1.54, 1.807) is 0 Å². The van der Waals surface area contributed by atoms with Crippen molar-refractivity contribution in [2.75, 3.05) is 5.73 Å². The van der Waals surface area contributed by atoms with E-state index >= 15 is 0 Å². The minimum absolute atomic E-state index is 0.0210. The molecule has 0 atom stereocenters. The molecule has 0 bridgehead atoms. The molecular weight excluding hydrogens is 250 g/mol. The Hall–Kier alpha value is -2.07. The number of rotatable bonds is 3.